The van der Waals surface area contributed by atoms with Gasteiger partial charge in [-0.25, -0.2) is 0 Å². The molecule has 17 heavy (non-hydrogen) atoms. The molecule has 1 aromatic rings. The average Bonchev–Trinajstić information content (AvgIpc) is 2.71. The molecule has 0 saturated heterocycles. The smallest absolute Gasteiger partial charge is 0.310 e. The van der Waals surface area contributed by atoms with E-state index in [2.05, 4.69) is 10.6 Å². The molecule has 0 aliphatic heterocycles. The second kappa shape index (κ2) is 6.89. The highest BCUT2D eigenvalue weighted by Crippen LogP contribution is 2.21. The van der Waals surface area contributed by atoms with Gasteiger partial charge in [-0.2, -0.15) is 5.26 Å². The maximum Gasteiger partial charge on any atom is 0.310 e. The van der Waals surface area contributed by atoms with E-state index in [1.807, 2.05) is 6.07 Å². The lowest BCUT2D eigenvalue weighted by Gasteiger charge is -2.03. The van der Waals surface area contributed by atoms with Crippen LogP contribution in [-0.4, -0.2) is 24.9 Å². The van der Waals surface area contributed by atoms with Crippen molar-refractivity contribution in [3.8, 4) is 6.07 Å². The summed E-state index contributed by atoms with van der Waals surface area (Å²) in [6.07, 6.45) is 0.620. The van der Waals surface area contributed by atoms with Gasteiger partial charge < -0.3 is 10.6 Å². The van der Waals surface area contributed by atoms with Crippen LogP contribution in [0.2, 0.25) is 4.34 Å². The van der Waals surface area contributed by atoms with Crippen molar-refractivity contribution in [2.45, 2.75) is 6.42 Å². The Morgan fingerprint density at radius 2 is 2.06 bits per heavy atom. The fraction of sp³-hybridized carbons (Fsp3) is 0.300. The van der Waals surface area contributed by atoms with Gasteiger partial charge in [-0.3, -0.25) is 9.59 Å². The van der Waals surface area contributed by atoms with Crippen molar-refractivity contribution in [1.82, 2.24) is 10.6 Å². The van der Waals surface area contributed by atoms with Crippen molar-refractivity contribution in [1.29, 1.82) is 5.26 Å². The second-order valence-electron chi connectivity index (χ2n) is 3.05. The van der Waals surface area contributed by atoms with Gasteiger partial charge in [-0.05, 0) is 18.6 Å². The third-order valence-electron chi connectivity index (χ3n) is 1.82. The van der Waals surface area contributed by atoms with Crippen LogP contribution >= 0.6 is 22.9 Å². The zero-order valence-electron chi connectivity index (χ0n) is 8.83. The largest absolute Gasteiger partial charge is 0.347 e. The summed E-state index contributed by atoms with van der Waals surface area (Å²) >= 11 is 7.18. The highest BCUT2D eigenvalue weighted by Gasteiger charge is 2.11. The van der Waals surface area contributed by atoms with Crippen LogP contribution in [-0.2, 0) is 16.0 Å². The minimum atomic E-state index is -0.796. The fourth-order valence-corrected chi connectivity index (χ4v) is 2.15. The van der Waals surface area contributed by atoms with Gasteiger partial charge in [0.15, 0.2) is 0 Å². The van der Waals surface area contributed by atoms with E-state index in [1.165, 1.54) is 11.3 Å². The van der Waals surface area contributed by atoms with Crippen molar-refractivity contribution >= 4 is 34.8 Å². The summed E-state index contributed by atoms with van der Waals surface area (Å²) < 4.78 is 0.693. The number of nitriles is 1. The average molecular weight is 272 g/mol. The number of halogens is 1. The van der Waals surface area contributed by atoms with E-state index in [9.17, 15) is 9.59 Å². The molecule has 1 aromatic heterocycles. The molecule has 2 N–H and O–H groups in total. The number of thiophene rings is 1. The molecule has 90 valence electrons. The molecule has 0 aliphatic rings. The van der Waals surface area contributed by atoms with Crippen LogP contribution in [0.15, 0.2) is 12.1 Å². The maximum absolute atomic E-state index is 11.2. The number of rotatable bonds is 4. The fourth-order valence-electron chi connectivity index (χ4n) is 1.07. The number of carbonyl (C=O) groups excluding carboxylic acids is 2. The first kappa shape index (κ1) is 13.5. The van der Waals surface area contributed by atoms with Gasteiger partial charge >= 0.3 is 11.8 Å². The molecule has 2 amide bonds. The van der Waals surface area contributed by atoms with Gasteiger partial charge in [0.1, 0.15) is 6.54 Å². The van der Waals surface area contributed by atoms with Gasteiger partial charge in [0, 0.05) is 11.4 Å². The quantitative estimate of drug-likeness (QED) is 0.625. The van der Waals surface area contributed by atoms with E-state index in [-0.39, 0.29) is 6.54 Å². The summed E-state index contributed by atoms with van der Waals surface area (Å²) in [5, 5.41) is 12.8. The number of nitrogens with zero attached hydrogens (tertiary/aromatic N) is 1. The van der Waals surface area contributed by atoms with Crippen LogP contribution < -0.4 is 10.6 Å². The van der Waals surface area contributed by atoms with Crippen molar-refractivity contribution in [3.63, 3.8) is 0 Å². The molecule has 0 fully saturated rings. The van der Waals surface area contributed by atoms with Crippen LogP contribution in [0.25, 0.3) is 0 Å². The van der Waals surface area contributed by atoms with Gasteiger partial charge in [-0.15, -0.1) is 11.3 Å². The molecule has 0 saturated carbocycles. The number of amides is 2. The first-order chi connectivity index (χ1) is 8.13. The van der Waals surface area contributed by atoms with Gasteiger partial charge in [0.05, 0.1) is 10.4 Å². The maximum atomic E-state index is 11.2. The predicted octanol–water partition coefficient (Wildman–Crippen LogP) is 0.700. The Morgan fingerprint density at radius 3 is 2.65 bits per heavy atom. The molecule has 0 unspecified atom stereocenters. The van der Waals surface area contributed by atoms with E-state index in [0.29, 0.717) is 17.3 Å². The molecule has 0 bridgehead atoms. The molecule has 7 heteroatoms. The SMILES string of the molecule is N#CCNC(=O)C(=O)NCCc1ccc(Cl)s1. The third kappa shape index (κ3) is 4.85. The van der Waals surface area contributed by atoms with E-state index >= 15 is 0 Å². The van der Waals surface area contributed by atoms with Crippen LogP contribution in [0.4, 0.5) is 0 Å². The summed E-state index contributed by atoms with van der Waals surface area (Å²) in [5.41, 5.74) is 0. The minimum absolute atomic E-state index is 0.174. The van der Waals surface area contributed by atoms with Crippen LogP contribution in [0.5, 0.6) is 0 Å². The first-order valence-electron chi connectivity index (χ1n) is 4.80. The lowest BCUT2D eigenvalue weighted by molar-refractivity contribution is -0.139. The molecule has 0 aliphatic carbocycles. The molecular formula is C10H10ClN3O2S. The summed E-state index contributed by atoms with van der Waals surface area (Å²) in [7, 11) is 0. The van der Waals surface area contributed by atoms with Gasteiger partial charge in [0.25, 0.3) is 0 Å². The predicted molar refractivity (Wildman–Crippen MR) is 64.7 cm³/mol. The first-order valence-corrected chi connectivity index (χ1v) is 6.00. The molecule has 0 spiro atoms. The number of carbonyl (C=O) groups is 2. The Bertz CT molecular complexity index is 453. The molecule has 0 radical (unpaired) electrons. The highest BCUT2D eigenvalue weighted by molar-refractivity contribution is 7.16. The summed E-state index contributed by atoms with van der Waals surface area (Å²) in [6.45, 7) is 0.183. The molecule has 0 aromatic carbocycles. The minimum Gasteiger partial charge on any atom is -0.347 e. The number of hydrogen-bond donors (Lipinski definition) is 2. The second-order valence-corrected chi connectivity index (χ2v) is 4.85. The Labute approximate surface area is 107 Å². The van der Waals surface area contributed by atoms with Crippen molar-refractivity contribution < 1.29 is 9.59 Å². The Kier molecular flexibility index (Phi) is 5.46. The molecular weight excluding hydrogens is 262 g/mol. The molecule has 1 rings (SSSR count). The third-order valence-corrected chi connectivity index (χ3v) is 3.11. The zero-order valence-corrected chi connectivity index (χ0v) is 10.4. The molecule has 0 atom stereocenters. The number of hydrogen-bond acceptors (Lipinski definition) is 4. The van der Waals surface area contributed by atoms with E-state index in [1.54, 1.807) is 12.1 Å². The standard InChI is InChI=1S/C10H10ClN3O2S/c11-8-2-1-7(17-8)3-5-13-9(15)10(16)14-6-4-12/h1-2H,3,5-6H2,(H,13,15)(H,14,16). The Morgan fingerprint density at radius 1 is 1.35 bits per heavy atom. The van der Waals surface area contributed by atoms with E-state index < -0.39 is 11.8 Å². The van der Waals surface area contributed by atoms with Crippen molar-refractivity contribution in [2.24, 2.45) is 0 Å². The van der Waals surface area contributed by atoms with Crippen LogP contribution in [0.3, 0.4) is 0 Å². The lowest BCUT2D eigenvalue weighted by Crippen LogP contribution is -2.40. The lowest BCUT2D eigenvalue weighted by atomic mass is 10.3. The topological polar surface area (TPSA) is 82.0 Å². The Hall–Kier alpha value is -1.58. The van der Waals surface area contributed by atoms with Crippen molar-refractivity contribution in [2.75, 3.05) is 13.1 Å². The summed E-state index contributed by atoms with van der Waals surface area (Å²) in [6, 6.07) is 5.36. The van der Waals surface area contributed by atoms with E-state index in [4.69, 9.17) is 16.9 Å². The van der Waals surface area contributed by atoms with Gasteiger partial charge in [0.2, 0.25) is 0 Å². The van der Waals surface area contributed by atoms with Crippen molar-refractivity contribution in [3.05, 3.63) is 21.3 Å². The zero-order chi connectivity index (χ0) is 12.7. The normalized spacial score (nSPS) is 9.41. The summed E-state index contributed by atoms with van der Waals surface area (Å²) in [5.74, 6) is -1.53. The van der Waals surface area contributed by atoms with Gasteiger partial charge in [-0.1, -0.05) is 11.6 Å². The monoisotopic (exact) mass is 271 g/mol. The number of nitrogens with one attached hydrogen (secondary N) is 2. The van der Waals surface area contributed by atoms with E-state index in [0.717, 1.165) is 4.88 Å². The molecule has 5 nitrogen and oxygen atoms in total. The summed E-state index contributed by atoms with van der Waals surface area (Å²) in [4.78, 5) is 23.3. The Balaban J connectivity index is 2.24. The van der Waals surface area contributed by atoms with Crippen LogP contribution in [0, 0.1) is 11.3 Å². The highest BCUT2D eigenvalue weighted by atomic mass is 35.5. The van der Waals surface area contributed by atoms with Crippen LogP contribution in [0.1, 0.15) is 4.88 Å². The molecule has 1 heterocycles.